The molecule has 6 nitrogen and oxygen atoms in total. The van der Waals surface area contributed by atoms with Crippen molar-refractivity contribution >= 4 is 28.3 Å². The van der Waals surface area contributed by atoms with Crippen LogP contribution in [-0.4, -0.2) is 27.6 Å². The smallest absolute Gasteiger partial charge is 0.258 e. The molecule has 0 fully saturated rings. The number of hydrogen-bond acceptors (Lipinski definition) is 5. The summed E-state index contributed by atoms with van der Waals surface area (Å²) in [5, 5.41) is 15.7. The van der Waals surface area contributed by atoms with Gasteiger partial charge in [-0.2, -0.15) is 5.10 Å². The summed E-state index contributed by atoms with van der Waals surface area (Å²) in [7, 11) is 0. The zero-order chi connectivity index (χ0) is 13.8. The lowest BCUT2D eigenvalue weighted by molar-refractivity contribution is -0.384. The first-order valence-electron chi connectivity index (χ1n) is 5.84. The van der Waals surface area contributed by atoms with Crippen LogP contribution in [0.5, 0.6) is 0 Å². The first kappa shape index (κ1) is 13.5. The average Bonchev–Trinajstić information content (AvgIpc) is 2.39. The van der Waals surface area contributed by atoms with Gasteiger partial charge < -0.3 is 0 Å². The molecule has 0 spiro atoms. The molecule has 1 heterocycles. The first-order valence-corrected chi connectivity index (χ1v) is 6.83. The third-order valence-corrected chi connectivity index (χ3v) is 3.29. The molecule has 0 atom stereocenters. The van der Waals surface area contributed by atoms with Crippen molar-refractivity contribution in [2.24, 2.45) is 10.1 Å². The summed E-state index contributed by atoms with van der Waals surface area (Å²) < 4.78 is 0. The Balaban J connectivity index is 2.18. The highest BCUT2D eigenvalue weighted by Crippen LogP contribution is 2.18. The number of rotatable bonds is 3. The van der Waals surface area contributed by atoms with Crippen LogP contribution in [0.4, 0.5) is 5.69 Å². The number of nitro benzene ring substituents is 1. The van der Waals surface area contributed by atoms with Gasteiger partial charge in [0.05, 0.1) is 10.6 Å². The molecule has 19 heavy (non-hydrogen) atoms. The molecular formula is C12H14N4O2S. The molecule has 0 bridgehead atoms. The van der Waals surface area contributed by atoms with Gasteiger partial charge in [-0.05, 0) is 13.8 Å². The monoisotopic (exact) mass is 278 g/mol. The van der Waals surface area contributed by atoms with Crippen molar-refractivity contribution < 1.29 is 4.92 Å². The van der Waals surface area contributed by atoms with Crippen LogP contribution in [0.3, 0.4) is 0 Å². The van der Waals surface area contributed by atoms with Crippen molar-refractivity contribution in [1.29, 1.82) is 0 Å². The topological polar surface area (TPSA) is 79.9 Å². The summed E-state index contributed by atoms with van der Waals surface area (Å²) in [6, 6.07) is 6.70. The summed E-state index contributed by atoms with van der Waals surface area (Å²) in [6.45, 7) is 3.99. The van der Waals surface area contributed by atoms with Crippen molar-refractivity contribution in [3.63, 3.8) is 0 Å². The Bertz CT molecular complexity index is 554. The van der Waals surface area contributed by atoms with Crippen molar-refractivity contribution in [3.05, 3.63) is 39.9 Å². The molecule has 0 radical (unpaired) electrons. The van der Waals surface area contributed by atoms with Gasteiger partial charge >= 0.3 is 0 Å². The minimum atomic E-state index is -0.404. The fraction of sp³-hybridized carbons (Fsp3) is 0.333. The van der Waals surface area contributed by atoms with Crippen molar-refractivity contribution in [3.8, 4) is 0 Å². The number of amidine groups is 1. The minimum absolute atomic E-state index is 0.0758. The Morgan fingerprint density at radius 1 is 1.53 bits per heavy atom. The first-order chi connectivity index (χ1) is 9.06. The average molecular weight is 278 g/mol. The Kier molecular flexibility index (Phi) is 4.16. The van der Waals surface area contributed by atoms with E-state index in [4.69, 9.17) is 0 Å². The maximum atomic E-state index is 10.7. The SMILES string of the molecule is CC(C)N=C1NN=C(c2cccc([N+](=O)[O-])c2)CS1. The maximum absolute atomic E-state index is 10.7. The van der Waals surface area contributed by atoms with E-state index in [1.165, 1.54) is 12.1 Å². The molecular weight excluding hydrogens is 264 g/mol. The molecule has 100 valence electrons. The second-order valence-electron chi connectivity index (χ2n) is 4.29. The van der Waals surface area contributed by atoms with Gasteiger partial charge in [0.25, 0.3) is 5.69 Å². The second kappa shape index (κ2) is 5.83. The van der Waals surface area contributed by atoms with E-state index in [1.54, 1.807) is 17.8 Å². The molecule has 0 saturated heterocycles. The normalized spacial score (nSPS) is 17.2. The van der Waals surface area contributed by atoms with Gasteiger partial charge in [-0.25, -0.2) is 0 Å². The number of nitro groups is 1. The van der Waals surface area contributed by atoms with Crippen LogP contribution in [0.2, 0.25) is 0 Å². The highest BCUT2D eigenvalue weighted by molar-refractivity contribution is 8.14. The molecule has 0 saturated carbocycles. The highest BCUT2D eigenvalue weighted by atomic mass is 32.2. The van der Waals surface area contributed by atoms with Crippen LogP contribution in [0.15, 0.2) is 34.4 Å². The molecule has 1 aromatic rings. The molecule has 7 heteroatoms. The fourth-order valence-corrected chi connectivity index (χ4v) is 2.46. The largest absolute Gasteiger partial charge is 0.270 e. The quantitative estimate of drug-likeness (QED) is 0.680. The Morgan fingerprint density at radius 3 is 2.89 bits per heavy atom. The molecule has 1 N–H and O–H groups in total. The lowest BCUT2D eigenvalue weighted by Gasteiger charge is -2.15. The number of hydrogen-bond donors (Lipinski definition) is 1. The van der Waals surface area contributed by atoms with E-state index < -0.39 is 4.92 Å². The molecule has 0 unspecified atom stereocenters. The molecule has 0 aromatic heterocycles. The lowest BCUT2D eigenvalue weighted by atomic mass is 10.1. The van der Waals surface area contributed by atoms with E-state index in [-0.39, 0.29) is 11.7 Å². The van der Waals surface area contributed by atoms with Gasteiger partial charge in [0.15, 0.2) is 5.17 Å². The van der Waals surface area contributed by atoms with Crippen molar-refractivity contribution in [1.82, 2.24) is 5.43 Å². The van der Waals surface area contributed by atoms with Crippen LogP contribution < -0.4 is 5.43 Å². The van der Waals surface area contributed by atoms with E-state index in [2.05, 4.69) is 15.5 Å². The van der Waals surface area contributed by atoms with Crippen LogP contribution in [0, 0.1) is 10.1 Å². The van der Waals surface area contributed by atoms with Crippen LogP contribution >= 0.6 is 11.8 Å². The van der Waals surface area contributed by atoms with Gasteiger partial charge in [0, 0.05) is 29.5 Å². The number of benzene rings is 1. The van der Waals surface area contributed by atoms with E-state index in [0.717, 1.165) is 16.4 Å². The molecule has 1 aromatic carbocycles. The molecule has 2 rings (SSSR count). The van der Waals surface area contributed by atoms with Gasteiger partial charge in [-0.15, -0.1) is 0 Å². The molecule has 0 aliphatic carbocycles. The number of nitrogens with zero attached hydrogens (tertiary/aromatic N) is 3. The van der Waals surface area contributed by atoms with Crippen LogP contribution in [0.1, 0.15) is 19.4 Å². The van der Waals surface area contributed by atoms with Gasteiger partial charge in [-0.3, -0.25) is 20.5 Å². The lowest BCUT2D eigenvalue weighted by Crippen LogP contribution is -2.26. The predicted octanol–water partition coefficient (Wildman–Crippen LogP) is 2.40. The summed E-state index contributed by atoms with van der Waals surface area (Å²) in [4.78, 5) is 14.7. The maximum Gasteiger partial charge on any atom is 0.270 e. The second-order valence-corrected chi connectivity index (χ2v) is 5.26. The van der Waals surface area contributed by atoms with Crippen LogP contribution in [0.25, 0.3) is 0 Å². The summed E-state index contributed by atoms with van der Waals surface area (Å²) in [5.41, 5.74) is 4.50. The van der Waals surface area contributed by atoms with Gasteiger partial charge in [0.2, 0.25) is 0 Å². The molecule has 1 aliphatic rings. The van der Waals surface area contributed by atoms with Crippen molar-refractivity contribution in [2.75, 3.05) is 5.75 Å². The summed E-state index contributed by atoms with van der Waals surface area (Å²) >= 11 is 1.55. The van der Waals surface area contributed by atoms with Crippen molar-refractivity contribution in [2.45, 2.75) is 19.9 Å². The fourth-order valence-electron chi connectivity index (χ4n) is 1.56. The van der Waals surface area contributed by atoms with E-state index in [9.17, 15) is 10.1 Å². The minimum Gasteiger partial charge on any atom is -0.258 e. The summed E-state index contributed by atoms with van der Waals surface area (Å²) in [6.07, 6.45) is 0. The zero-order valence-corrected chi connectivity index (χ0v) is 11.5. The Morgan fingerprint density at radius 2 is 2.32 bits per heavy atom. The number of nitrogens with one attached hydrogen (secondary N) is 1. The molecule has 0 amide bonds. The predicted molar refractivity (Wildman–Crippen MR) is 77.8 cm³/mol. The number of thioether (sulfide) groups is 1. The number of aliphatic imine (C=N–C) groups is 1. The zero-order valence-electron chi connectivity index (χ0n) is 10.7. The van der Waals surface area contributed by atoms with Crippen LogP contribution in [-0.2, 0) is 0 Å². The number of non-ortho nitro benzene ring substituents is 1. The third-order valence-electron chi connectivity index (χ3n) is 2.40. The Hall–Kier alpha value is -1.89. The van der Waals surface area contributed by atoms with E-state index in [0.29, 0.717) is 5.75 Å². The Labute approximate surface area is 115 Å². The molecule has 1 aliphatic heterocycles. The van der Waals surface area contributed by atoms with E-state index >= 15 is 0 Å². The summed E-state index contributed by atoms with van der Waals surface area (Å²) in [5.74, 6) is 0.653. The standard InChI is InChI=1S/C12H14N4O2S/c1-8(2)13-12-15-14-11(7-19-12)9-4-3-5-10(6-9)16(17)18/h3-6,8H,7H2,1-2H3,(H,13,15). The van der Waals surface area contributed by atoms with Gasteiger partial charge in [-0.1, -0.05) is 23.9 Å². The third kappa shape index (κ3) is 3.54. The van der Waals surface area contributed by atoms with E-state index in [1.807, 2.05) is 19.9 Å². The van der Waals surface area contributed by atoms with Gasteiger partial charge in [0.1, 0.15) is 0 Å². The number of hydrazone groups is 1. The highest BCUT2D eigenvalue weighted by Gasteiger charge is 2.15.